The highest BCUT2D eigenvalue weighted by Crippen LogP contribution is 2.34. The van der Waals surface area contributed by atoms with Gasteiger partial charge in [-0.1, -0.05) is 24.3 Å². The summed E-state index contributed by atoms with van der Waals surface area (Å²) >= 11 is 1.53. The summed E-state index contributed by atoms with van der Waals surface area (Å²) in [6, 6.07) is 15.1. The van der Waals surface area contributed by atoms with E-state index in [0.29, 0.717) is 5.69 Å². The Morgan fingerprint density at radius 3 is 2.62 bits per heavy atom. The Morgan fingerprint density at radius 1 is 1.06 bits per heavy atom. The highest BCUT2D eigenvalue weighted by Gasteiger charge is 2.18. The van der Waals surface area contributed by atoms with Crippen LogP contribution in [0.25, 0.3) is 32.0 Å². The van der Waals surface area contributed by atoms with Gasteiger partial charge in [-0.05, 0) is 24.3 Å². The zero-order valence-electron chi connectivity index (χ0n) is 17.3. The van der Waals surface area contributed by atoms with E-state index in [9.17, 15) is 14.4 Å². The number of aromatic nitrogens is 5. The summed E-state index contributed by atoms with van der Waals surface area (Å²) in [6.07, 6.45) is 1.46. The number of aryl methyl sites for hydroxylation is 2. The van der Waals surface area contributed by atoms with Crippen LogP contribution in [0.2, 0.25) is 0 Å². The first-order valence-electron chi connectivity index (χ1n) is 9.79. The molecule has 0 atom stereocenters. The predicted octanol–water partition coefficient (Wildman–Crippen LogP) is 2.35. The van der Waals surface area contributed by atoms with E-state index in [-0.39, 0.29) is 11.2 Å². The van der Waals surface area contributed by atoms with Crippen LogP contribution in [-0.2, 0) is 25.4 Å². The van der Waals surface area contributed by atoms with Crippen LogP contribution in [0.15, 0.2) is 64.4 Å². The number of benzene rings is 2. The van der Waals surface area contributed by atoms with Gasteiger partial charge in [-0.25, -0.2) is 19.3 Å². The molecule has 160 valence electrons. The van der Waals surface area contributed by atoms with Crippen molar-refractivity contribution in [3.05, 3.63) is 75.7 Å². The smallest absolute Gasteiger partial charge is 0.328 e. The molecule has 0 saturated carbocycles. The molecule has 0 spiro atoms. The topological polar surface area (TPSA) is 104 Å². The zero-order valence-corrected chi connectivity index (χ0v) is 18.1. The quantitative estimate of drug-likeness (QED) is 0.456. The van der Waals surface area contributed by atoms with Crippen molar-refractivity contribution in [2.45, 2.75) is 6.54 Å². The zero-order chi connectivity index (χ0) is 22.4. The second-order valence-corrected chi connectivity index (χ2v) is 8.37. The molecule has 9 nitrogen and oxygen atoms in total. The largest absolute Gasteiger partial charge is 0.332 e. The lowest BCUT2D eigenvalue weighted by Crippen LogP contribution is -2.42. The van der Waals surface area contributed by atoms with Crippen molar-refractivity contribution in [2.75, 3.05) is 5.32 Å². The lowest BCUT2D eigenvalue weighted by molar-refractivity contribution is -0.116. The standard InChI is InChI=1S/C22H18N6O3S/c1-26-12-23-19-18(26)21(30)28(22(31)27(19)2)11-17(29)24-14-8-4-3-7-13(14)20-25-15-9-5-6-10-16(15)32-20/h3-10,12H,11H2,1-2H3,(H,24,29). The summed E-state index contributed by atoms with van der Waals surface area (Å²) in [5.74, 6) is -0.487. The molecule has 5 aromatic rings. The van der Waals surface area contributed by atoms with Crippen LogP contribution in [-0.4, -0.2) is 29.6 Å². The van der Waals surface area contributed by atoms with Crippen LogP contribution in [0, 0.1) is 0 Å². The molecule has 0 bridgehead atoms. The van der Waals surface area contributed by atoms with Gasteiger partial charge < -0.3 is 9.88 Å². The van der Waals surface area contributed by atoms with Crippen molar-refractivity contribution >= 4 is 44.3 Å². The molecule has 0 aliphatic rings. The van der Waals surface area contributed by atoms with Gasteiger partial charge in [0, 0.05) is 19.7 Å². The fourth-order valence-electron chi connectivity index (χ4n) is 3.64. The van der Waals surface area contributed by atoms with Crippen LogP contribution >= 0.6 is 11.3 Å². The molecule has 0 saturated heterocycles. The molecule has 3 heterocycles. The van der Waals surface area contributed by atoms with Gasteiger partial charge in [0.05, 0.1) is 22.2 Å². The van der Waals surface area contributed by atoms with Gasteiger partial charge in [0.25, 0.3) is 5.56 Å². The van der Waals surface area contributed by atoms with Crippen molar-refractivity contribution in [1.29, 1.82) is 0 Å². The maximum absolute atomic E-state index is 12.9. The molecular weight excluding hydrogens is 428 g/mol. The van der Waals surface area contributed by atoms with Gasteiger partial charge in [-0.3, -0.25) is 14.2 Å². The van der Waals surface area contributed by atoms with Crippen LogP contribution in [0.3, 0.4) is 0 Å². The molecule has 5 rings (SSSR count). The molecule has 10 heteroatoms. The second kappa shape index (κ2) is 7.57. The maximum atomic E-state index is 12.9. The number of nitrogens with zero attached hydrogens (tertiary/aromatic N) is 5. The molecule has 0 unspecified atom stereocenters. The van der Waals surface area contributed by atoms with Crippen molar-refractivity contribution in [1.82, 2.24) is 23.7 Å². The minimum atomic E-state index is -0.601. The van der Waals surface area contributed by atoms with Crippen LogP contribution in [0.4, 0.5) is 5.69 Å². The van der Waals surface area contributed by atoms with Gasteiger partial charge in [-0.2, -0.15) is 0 Å². The summed E-state index contributed by atoms with van der Waals surface area (Å²) in [5, 5.41) is 3.60. The minimum absolute atomic E-state index is 0.259. The number of rotatable bonds is 4. The SMILES string of the molecule is Cn1cnc2c1c(=O)n(CC(=O)Nc1ccccc1-c1nc3ccccc3s1)c(=O)n2C. The first-order valence-corrected chi connectivity index (χ1v) is 10.6. The average molecular weight is 446 g/mol. The summed E-state index contributed by atoms with van der Waals surface area (Å²) in [4.78, 5) is 47.1. The third-order valence-electron chi connectivity index (χ3n) is 5.23. The Bertz CT molecular complexity index is 1590. The summed E-state index contributed by atoms with van der Waals surface area (Å²) in [6.45, 7) is -0.416. The molecular formula is C22H18N6O3S. The molecule has 3 aromatic heterocycles. The Morgan fingerprint density at radius 2 is 1.81 bits per heavy atom. The van der Waals surface area contributed by atoms with E-state index in [4.69, 9.17) is 0 Å². The van der Waals surface area contributed by atoms with E-state index in [0.717, 1.165) is 25.4 Å². The second-order valence-electron chi connectivity index (χ2n) is 7.34. The Balaban J connectivity index is 1.49. The Kier molecular flexibility index (Phi) is 4.71. The minimum Gasteiger partial charge on any atom is -0.328 e. The van der Waals surface area contributed by atoms with E-state index < -0.39 is 23.7 Å². The van der Waals surface area contributed by atoms with E-state index in [1.807, 2.05) is 36.4 Å². The Hall–Kier alpha value is -4.05. The number of thiazole rings is 1. The van der Waals surface area contributed by atoms with E-state index in [1.165, 1.54) is 33.8 Å². The third-order valence-corrected chi connectivity index (χ3v) is 6.30. The fraction of sp³-hybridized carbons (Fsp3) is 0.136. The highest BCUT2D eigenvalue weighted by atomic mass is 32.1. The number of anilines is 1. The van der Waals surface area contributed by atoms with E-state index >= 15 is 0 Å². The van der Waals surface area contributed by atoms with Gasteiger partial charge >= 0.3 is 5.69 Å². The Labute approximate surface area is 185 Å². The van der Waals surface area contributed by atoms with Crippen molar-refractivity contribution < 1.29 is 4.79 Å². The maximum Gasteiger partial charge on any atom is 0.332 e. The summed E-state index contributed by atoms with van der Waals surface area (Å²) < 4.78 is 4.76. The fourth-order valence-corrected chi connectivity index (χ4v) is 4.64. The molecule has 1 amide bonds. The number of carbonyl (C=O) groups excluding carboxylic acids is 1. The lowest BCUT2D eigenvalue weighted by Gasteiger charge is -2.11. The van der Waals surface area contributed by atoms with Crippen molar-refractivity contribution in [3.63, 3.8) is 0 Å². The molecule has 0 aliphatic heterocycles. The van der Waals surface area contributed by atoms with Crippen LogP contribution in [0.1, 0.15) is 0 Å². The van der Waals surface area contributed by atoms with Gasteiger partial charge in [0.15, 0.2) is 11.2 Å². The first-order chi connectivity index (χ1) is 15.4. The van der Waals surface area contributed by atoms with Gasteiger partial charge in [0.1, 0.15) is 11.6 Å². The number of imidazole rings is 1. The van der Waals surface area contributed by atoms with Crippen molar-refractivity contribution in [3.8, 4) is 10.6 Å². The normalized spacial score (nSPS) is 11.3. The van der Waals surface area contributed by atoms with E-state index in [1.54, 1.807) is 19.2 Å². The predicted molar refractivity (Wildman–Crippen MR) is 124 cm³/mol. The number of hydrogen-bond acceptors (Lipinski definition) is 6. The molecule has 1 N–H and O–H groups in total. The van der Waals surface area contributed by atoms with Crippen LogP contribution in [0.5, 0.6) is 0 Å². The molecule has 0 fully saturated rings. The van der Waals surface area contributed by atoms with Gasteiger partial charge in [0.2, 0.25) is 5.91 Å². The summed E-state index contributed by atoms with van der Waals surface area (Å²) in [7, 11) is 3.19. The molecule has 0 radical (unpaired) electrons. The number of hydrogen-bond donors (Lipinski definition) is 1. The summed E-state index contributed by atoms with van der Waals surface area (Å²) in [5.41, 5.74) is 1.59. The number of amides is 1. The number of fused-ring (bicyclic) bond motifs is 2. The first kappa shape index (κ1) is 19.9. The third kappa shape index (κ3) is 3.21. The number of carbonyl (C=O) groups is 1. The lowest BCUT2D eigenvalue weighted by atomic mass is 10.2. The van der Waals surface area contributed by atoms with Gasteiger partial charge in [-0.15, -0.1) is 11.3 Å². The highest BCUT2D eigenvalue weighted by molar-refractivity contribution is 7.21. The molecule has 0 aliphatic carbocycles. The average Bonchev–Trinajstić information content (AvgIpc) is 3.39. The van der Waals surface area contributed by atoms with E-state index in [2.05, 4.69) is 15.3 Å². The molecule has 32 heavy (non-hydrogen) atoms. The van der Waals surface area contributed by atoms with Crippen molar-refractivity contribution in [2.24, 2.45) is 14.1 Å². The monoisotopic (exact) mass is 446 g/mol. The molecule has 2 aromatic carbocycles. The number of para-hydroxylation sites is 2. The number of nitrogens with one attached hydrogen (secondary N) is 1. The van der Waals surface area contributed by atoms with Crippen LogP contribution < -0.4 is 16.6 Å².